The van der Waals surface area contributed by atoms with Crippen LogP contribution >= 0.6 is 11.3 Å². The summed E-state index contributed by atoms with van der Waals surface area (Å²) in [4.78, 5) is 40.0. The highest BCUT2D eigenvalue weighted by molar-refractivity contribution is 7.14. The van der Waals surface area contributed by atoms with Crippen LogP contribution in [0.4, 0.5) is 27.3 Å². The van der Waals surface area contributed by atoms with E-state index in [-0.39, 0.29) is 17.2 Å². The Morgan fingerprint density at radius 3 is 2.70 bits per heavy atom. The Kier molecular flexibility index (Phi) is 7.26. The average molecular weight is 599 g/mol. The first-order chi connectivity index (χ1) is 20.8. The number of aromatic nitrogens is 2. The Morgan fingerprint density at radius 2 is 1.91 bits per heavy atom. The number of aryl methyl sites for hydroxylation is 1. The zero-order chi connectivity index (χ0) is 29.7. The lowest BCUT2D eigenvalue weighted by molar-refractivity contribution is 0.103. The minimum absolute atomic E-state index is 0.108. The second-order valence-electron chi connectivity index (χ2n) is 12.1. The van der Waals surface area contributed by atoms with E-state index in [9.17, 15) is 14.0 Å². The number of nitrogens with zero attached hydrogens (tertiary/aromatic N) is 3. The third-order valence-electron chi connectivity index (χ3n) is 9.16. The van der Waals surface area contributed by atoms with Crippen molar-refractivity contribution in [3.8, 4) is 11.1 Å². The van der Waals surface area contributed by atoms with E-state index in [0.717, 1.165) is 44.2 Å². The normalized spacial score (nSPS) is 19.7. The number of aromatic amines is 1. The molecule has 2 fully saturated rings. The van der Waals surface area contributed by atoms with E-state index in [1.165, 1.54) is 47.1 Å². The summed E-state index contributed by atoms with van der Waals surface area (Å²) in [7, 11) is 2.12. The van der Waals surface area contributed by atoms with Crippen molar-refractivity contribution in [3.63, 3.8) is 0 Å². The van der Waals surface area contributed by atoms with Crippen LogP contribution in [0.15, 0.2) is 53.5 Å². The monoisotopic (exact) mass is 598 g/mol. The first kappa shape index (κ1) is 27.8. The quantitative estimate of drug-likeness (QED) is 0.247. The van der Waals surface area contributed by atoms with Crippen molar-refractivity contribution in [2.75, 3.05) is 48.8 Å². The van der Waals surface area contributed by atoms with Gasteiger partial charge in [0.25, 0.3) is 11.5 Å². The largest absolute Gasteiger partial charge is 0.368 e. The van der Waals surface area contributed by atoms with Crippen LogP contribution in [0.1, 0.15) is 51.0 Å². The van der Waals surface area contributed by atoms with Gasteiger partial charge in [-0.25, -0.2) is 9.37 Å². The zero-order valence-corrected chi connectivity index (χ0v) is 25.2. The minimum Gasteiger partial charge on any atom is -0.368 e. The van der Waals surface area contributed by atoms with Gasteiger partial charge in [-0.2, -0.15) is 0 Å². The van der Waals surface area contributed by atoms with E-state index < -0.39 is 5.82 Å². The predicted molar refractivity (Wildman–Crippen MR) is 170 cm³/mol. The zero-order valence-electron chi connectivity index (χ0n) is 24.4. The lowest BCUT2D eigenvalue weighted by atomic mass is 9.88. The van der Waals surface area contributed by atoms with Crippen molar-refractivity contribution < 1.29 is 9.18 Å². The van der Waals surface area contributed by atoms with E-state index in [4.69, 9.17) is 0 Å². The van der Waals surface area contributed by atoms with Crippen LogP contribution in [-0.2, 0) is 6.42 Å². The second kappa shape index (κ2) is 11.2. The number of thiophene rings is 1. The fourth-order valence-corrected chi connectivity index (χ4v) is 7.96. The maximum atomic E-state index is 14.9. The van der Waals surface area contributed by atoms with Gasteiger partial charge in [0.05, 0.1) is 22.4 Å². The van der Waals surface area contributed by atoms with Crippen LogP contribution < -0.4 is 21.1 Å². The number of nitrogens with one attached hydrogen (secondary N) is 3. The Bertz CT molecular complexity index is 1740. The first-order valence-electron chi connectivity index (χ1n) is 14.9. The summed E-state index contributed by atoms with van der Waals surface area (Å²) in [6.07, 6.45) is 6.55. The molecule has 3 aromatic heterocycles. The molecule has 0 radical (unpaired) electrons. The molecule has 2 bridgehead atoms. The van der Waals surface area contributed by atoms with Crippen LogP contribution in [0.5, 0.6) is 0 Å². The number of anilines is 4. The number of likely N-dealkylation sites (N-methyl/N-ethyl adjacent to an activating group) is 1. The number of hydrogen-bond acceptors (Lipinski definition) is 7. The number of pyridine rings is 2. The van der Waals surface area contributed by atoms with Crippen molar-refractivity contribution in [1.29, 1.82) is 0 Å². The fourth-order valence-electron chi connectivity index (χ4n) is 6.70. The molecule has 1 saturated carbocycles. The highest BCUT2D eigenvalue weighted by Crippen LogP contribution is 2.48. The van der Waals surface area contributed by atoms with Gasteiger partial charge < -0.3 is 25.4 Å². The highest BCUT2D eigenvalue weighted by Gasteiger charge is 2.35. The van der Waals surface area contributed by atoms with Crippen LogP contribution in [0.25, 0.3) is 11.1 Å². The van der Waals surface area contributed by atoms with E-state index >= 15 is 0 Å². The number of H-pyrrole nitrogens is 1. The molecule has 2 aliphatic carbocycles. The minimum atomic E-state index is -0.512. The molecule has 2 unspecified atom stereocenters. The predicted octanol–water partition coefficient (Wildman–Crippen LogP) is 6.13. The SMILES string of the molecule is Cc1[nH]c(=O)c(Nc2ccc(N3CCN(C)CC3)cn2)cc1-c1ccc(F)c(NC(=O)c2cc3c(s2)CC2CCC3C2)c1. The van der Waals surface area contributed by atoms with Gasteiger partial charge in [0, 0.05) is 42.3 Å². The molecule has 4 aromatic rings. The lowest BCUT2D eigenvalue weighted by Gasteiger charge is -2.33. The molecule has 3 aliphatic rings. The van der Waals surface area contributed by atoms with Gasteiger partial charge in [-0.1, -0.05) is 6.07 Å². The van der Waals surface area contributed by atoms with Crippen molar-refractivity contribution >= 4 is 40.1 Å². The van der Waals surface area contributed by atoms with Crippen molar-refractivity contribution in [2.24, 2.45) is 5.92 Å². The standard InChI is InChI=1S/C33H35FN6O2S/c1-19-24(16-28(32(41)36-19)37-31-8-6-23(18-35-31)40-11-9-39(2)10-12-40)22-5-7-26(34)27(15-22)38-33(42)30-17-25-21-4-3-20(13-21)14-29(25)43-30/h5-8,15-18,20-21H,3-4,9-14H2,1-2H3,(H,35,37)(H,36,41)(H,38,42). The van der Waals surface area contributed by atoms with Gasteiger partial charge in [0.2, 0.25) is 0 Å². The molecule has 1 amide bonds. The molecule has 0 spiro atoms. The number of amides is 1. The summed E-state index contributed by atoms with van der Waals surface area (Å²) < 4.78 is 14.9. The average Bonchev–Trinajstić information content (AvgIpc) is 3.62. The van der Waals surface area contributed by atoms with Gasteiger partial charge in [-0.05, 0) is 99.0 Å². The molecule has 1 aliphatic heterocycles. The number of carbonyl (C=O) groups is 1. The number of carbonyl (C=O) groups excluding carboxylic acids is 1. The molecule has 4 heterocycles. The molecule has 8 nitrogen and oxygen atoms in total. The van der Waals surface area contributed by atoms with Crippen molar-refractivity contribution in [3.05, 3.63) is 85.8 Å². The number of hydrogen-bond donors (Lipinski definition) is 3. The maximum absolute atomic E-state index is 14.9. The maximum Gasteiger partial charge on any atom is 0.271 e. The summed E-state index contributed by atoms with van der Waals surface area (Å²) in [5, 5.41) is 5.94. The highest BCUT2D eigenvalue weighted by atomic mass is 32.1. The summed E-state index contributed by atoms with van der Waals surface area (Å²) in [6.45, 7) is 5.71. The van der Waals surface area contributed by atoms with E-state index in [1.54, 1.807) is 25.1 Å². The van der Waals surface area contributed by atoms with Crippen LogP contribution in [0.3, 0.4) is 0 Å². The van der Waals surface area contributed by atoms with E-state index in [2.05, 4.69) is 37.4 Å². The number of piperazine rings is 1. The third-order valence-corrected chi connectivity index (χ3v) is 10.3. The number of fused-ring (bicyclic) bond motifs is 4. The summed E-state index contributed by atoms with van der Waals surface area (Å²) in [6, 6.07) is 12.2. The molecule has 3 N–H and O–H groups in total. The van der Waals surface area contributed by atoms with Crippen LogP contribution in [-0.4, -0.2) is 54.0 Å². The van der Waals surface area contributed by atoms with Gasteiger partial charge in [-0.15, -0.1) is 11.3 Å². The first-order valence-corrected chi connectivity index (χ1v) is 15.8. The van der Waals surface area contributed by atoms with Crippen molar-refractivity contribution in [2.45, 2.75) is 38.5 Å². The van der Waals surface area contributed by atoms with Gasteiger partial charge in [0.1, 0.15) is 17.3 Å². The Balaban J connectivity index is 1.10. The molecular weight excluding hydrogens is 563 g/mol. The molecule has 2 atom stereocenters. The van der Waals surface area contributed by atoms with Crippen LogP contribution in [0, 0.1) is 18.7 Å². The molecule has 1 saturated heterocycles. The fraction of sp³-hybridized carbons (Fsp3) is 0.364. The molecule has 7 rings (SSSR count). The third kappa shape index (κ3) is 5.57. The Labute approximate surface area is 254 Å². The smallest absolute Gasteiger partial charge is 0.271 e. The van der Waals surface area contributed by atoms with Crippen molar-refractivity contribution in [1.82, 2.24) is 14.9 Å². The summed E-state index contributed by atoms with van der Waals surface area (Å²) in [5.41, 5.74) is 4.55. The van der Waals surface area contributed by atoms with E-state index in [1.807, 2.05) is 24.4 Å². The number of benzene rings is 1. The number of rotatable bonds is 6. The molecule has 10 heteroatoms. The second-order valence-corrected chi connectivity index (χ2v) is 13.2. The molecule has 222 valence electrons. The van der Waals surface area contributed by atoms with Gasteiger partial charge in [0.15, 0.2) is 0 Å². The molecule has 43 heavy (non-hydrogen) atoms. The Hall–Kier alpha value is -4.02. The molecular formula is C33H35FN6O2S. The topological polar surface area (TPSA) is 93.4 Å². The van der Waals surface area contributed by atoms with Crippen LogP contribution in [0.2, 0.25) is 0 Å². The molecule has 1 aromatic carbocycles. The van der Waals surface area contributed by atoms with Gasteiger partial charge in [-0.3, -0.25) is 9.59 Å². The Morgan fingerprint density at radius 1 is 1.07 bits per heavy atom. The summed E-state index contributed by atoms with van der Waals surface area (Å²) >= 11 is 1.54. The lowest BCUT2D eigenvalue weighted by Crippen LogP contribution is -2.44. The summed E-state index contributed by atoms with van der Waals surface area (Å²) in [5.74, 6) is 1.04. The van der Waals surface area contributed by atoms with E-state index in [0.29, 0.717) is 39.1 Å². The van der Waals surface area contributed by atoms with Gasteiger partial charge >= 0.3 is 0 Å². The number of halogens is 1.